The number of H-pyrrole nitrogens is 1. The van der Waals surface area contributed by atoms with Gasteiger partial charge in [-0.05, 0) is 54.6 Å². The Balaban J connectivity index is 1.25. The number of amides is 2. The molecular formula is C24H20ClF2N7O4. The average molecular weight is 544 g/mol. The number of benzene rings is 2. The van der Waals surface area contributed by atoms with E-state index in [2.05, 4.69) is 36.4 Å². The molecule has 0 spiro atoms. The number of halogens is 3. The second-order valence-electron chi connectivity index (χ2n) is 8.65. The summed E-state index contributed by atoms with van der Waals surface area (Å²) in [5, 5.41) is 21.8. The van der Waals surface area contributed by atoms with Gasteiger partial charge in [-0.1, -0.05) is 35.0 Å². The van der Waals surface area contributed by atoms with Crippen LogP contribution in [-0.2, 0) is 9.53 Å². The maximum atomic E-state index is 14.2. The number of hydrogen-bond acceptors (Lipinski definition) is 8. The molecule has 0 aliphatic heterocycles. The summed E-state index contributed by atoms with van der Waals surface area (Å²) in [6, 6.07) is 13.2. The van der Waals surface area contributed by atoms with E-state index in [1.165, 1.54) is 12.1 Å². The number of aromatic nitrogens is 5. The number of anilines is 2. The van der Waals surface area contributed by atoms with Gasteiger partial charge in [-0.25, -0.2) is 18.7 Å². The molecule has 1 aliphatic rings. The largest absolute Gasteiger partial charge is 0.441 e. The lowest BCUT2D eigenvalue weighted by Gasteiger charge is -2.15. The second kappa shape index (κ2) is 9.82. The molecule has 5 rings (SSSR count). The normalized spacial score (nSPS) is 18.4. The minimum Gasteiger partial charge on any atom is -0.441 e. The third-order valence-electron chi connectivity index (χ3n) is 6.12. The van der Waals surface area contributed by atoms with Crippen LogP contribution in [0.1, 0.15) is 36.0 Å². The van der Waals surface area contributed by atoms with E-state index in [1.807, 2.05) is 0 Å². The third kappa shape index (κ3) is 4.79. The van der Waals surface area contributed by atoms with E-state index < -0.39 is 35.9 Å². The Morgan fingerprint density at radius 2 is 1.89 bits per heavy atom. The number of nitrogens with zero attached hydrogens (tertiary/aromatic N) is 4. The summed E-state index contributed by atoms with van der Waals surface area (Å²) in [6.07, 6.45) is -1.36. The standard InChI is InChI=1S/C24H20ClF2N7O4/c1-11-19(29-23(36)37-12(2)15-5-3-4-6-16(15)25)20(38-32-11)13-7-9-14(10-8-13)28-22(35)18-17(24(18,26)27)21-30-33-34-31-21/h3-10,12,17-18H,1-2H3,(H,28,35)(H,29,36)(H,30,31,33,34)/t12-,17?,18?/m1/s1. The maximum absolute atomic E-state index is 14.2. The van der Waals surface area contributed by atoms with E-state index in [9.17, 15) is 18.4 Å². The van der Waals surface area contributed by atoms with Crippen LogP contribution in [0, 0.1) is 12.8 Å². The lowest BCUT2D eigenvalue weighted by atomic mass is 10.1. The first-order chi connectivity index (χ1) is 18.2. The van der Waals surface area contributed by atoms with Crippen LogP contribution in [0.25, 0.3) is 11.3 Å². The molecule has 0 saturated heterocycles. The first-order valence-electron chi connectivity index (χ1n) is 11.4. The average Bonchev–Trinajstić information content (AvgIpc) is 3.22. The first kappa shape index (κ1) is 25.3. The fraction of sp³-hybridized carbons (Fsp3) is 0.250. The van der Waals surface area contributed by atoms with Crippen LogP contribution >= 0.6 is 11.6 Å². The zero-order chi connectivity index (χ0) is 27.0. The van der Waals surface area contributed by atoms with Gasteiger partial charge in [0.2, 0.25) is 5.91 Å². The summed E-state index contributed by atoms with van der Waals surface area (Å²) in [7, 11) is 0. The predicted octanol–water partition coefficient (Wildman–Crippen LogP) is 5.11. The quantitative estimate of drug-likeness (QED) is 0.291. The van der Waals surface area contributed by atoms with Crippen LogP contribution in [0.4, 0.5) is 25.0 Å². The molecule has 1 aliphatic carbocycles. The second-order valence-corrected chi connectivity index (χ2v) is 9.06. The van der Waals surface area contributed by atoms with Crippen LogP contribution in [0.5, 0.6) is 0 Å². The van der Waals surface area contributed by atoms with E-state index in [0.29, 0.717) is 27.5 Å². The summed E-state index contributed by atoms with van der Waals surface area (Å²) in [5.74, 6) is -7.04. The molecule has 4 aromatic rings. The highest BCUT2D eigenvalue weighted by atomic mass is 35.5. The van der Waals surface area contributed by atoms with Crippen molar-refractivity contribution in [3.8, 4) is 11.3 Å². The van der Waals surface area contributed by atoms with Crippen molar-refractivity contribution < 1.29 is 27.6 Å². The van der Waals surface area contributed by atoms with Gasteiger partial charge in [0.1, 0.15) is 29.3 Å². The van der Waals surface area contributed by atoms with Crippen LogP contribution in [0.3, 0.4) is 0 Å². The molecule has 0 bridgehead atoms. The van der Waals surface area contributed by atoms with Crippen molar-refractivity contribution >= 4 is 35.0 Å². The van der Waals surface area contributed by atoms with Gasteiger partial charge in [-0.2, -0.15) is 0 Å². The van der Waals surface area contributed by atoms with Gasteiger partial charge in [0.25, 0.3) is 5.92 Å². The summed E-state index contributed by atoms with van der Waals surface area (Å²) in [6.45, 7) is 3.34. The Kier molecular flexibility index (Phi) is 6.53. The number of nitrogens with one attached hydrogen (secondary N) is 3. The smallest absolute Gasteiger partial charge is 0.412 e. The van der Waals surface area contributed by atoms with Gasteiger partial charge in [0.05, 0.1) is 0 Å². The number of ether oxygens (including phenoxy) is 1. The fourth-order valence-electron chi connectivity index (χ4n) is 4.09. The van der Waals surface area contributed by atoms with Crippen molar-refractivity contribution in [1.82, 2.24) is 25.8 Å². The highest BCUT2D eigenvalue weighted by Crippen LogP contribution is 2.60. The highest BCUT2D eigenvalue weighted by Gasteiger charge is 2.74. The number of carbonyl (C=O) groups excluding carboxylic acids is 2. The van der Waals surface area contributed by atoms with Gasteiger partial charge in [0, 0.05) is 21.8 Å². The molecule has 2 heterocycles. The number of hydrogen-bond donors (Lipinski definition) is 3. The van der Waals surface area contributed by atoms with Gasteiger partial charge in [-0.3, -0.25) is 10.1 Å². The number of carbonyl (C=O) groups is 2. The molecule has 3 atom stereocenters. The van der Waals surface area contributed by atoms with E-state index >= 15 is 0 Å². The molecule has 2 unspecified atom stereocenters. The molecule has 14 heteroatoms. The molecule has 1 fully saturated rings. The van der Waals surface area contributed by atoms with E-state index in [0.717, 1.165) is 0 Å². The van der Waals surface area contributed by atoms with Crippen molar-refractivity contribution in [3.05, 3.63) is 70.6 Å². The van der Waals surface area contributed by atoms with Crippen molar-refractivity contribution in [3.63, 3.8) is 0 Å². The SMILES string of the molecule is Cc1noc(-c2ccc(NC(=O)C3C(c4nnn[nH]4)C3(F)F)cc2)c1NC(=O)O[C@H](C)c1ccccc1Cl. The topological polar surface area (TPSA) is 148 Å². The van der Waals surface area contributed by atoms with E-state index in [-0.39, 0.29) is 17.3 Å². The van der Waals surface area contributed by atoms with Crippen molar-refractivity contribution in [2.45, 2.75) is 31.8 Å². The Morgan fingerprint density at radius 1 is 1.16 bits per heavy atom. The highest BCUT2D eigenvalue weighted by molar-refractivity contribution is 6.31. The Bertz CT molecular complexity index is 1480. The molecule has 2 aromatic heterocycles. The summed E-state index contributed by atoms with van der Waals surface area (Å²) in [4.78, 5) is 25.1. The number of aromatic amines is 1. The molecule has 0 radical (unpaired) electrons. The van der Waals surface area contributed by atoms with Gasteiger partial charge in [0.15, 0.2) is 11.6 Å². The van der Waals surface area contributed by atoms with Crippen LogP contribution in [-0.4, -0.2) is 43.7 Å². The van der Waals surface area contributed by atoms with E-state index in [4.69, 9.17) is 20.9 Å². The van der Waals surface area contributed by atoms with Crippen molar-refractivity contribution in [2.24, 2.45) is 5.92 Å². The molecule has 1 saturated carbocycles. The number of tetrazole rings is 1. The zero-order valence-corrected chi connectivity index (χ0v) is 20.7. The molecule has 3 N–H and O–H groups in total. The van der Waals surface area contributed by atoms with E-state index in [1.54, 1.807) is 50.2 Å². The minimum absolute atomic E-state index is 0.147. The molecular weight excluding hydrogens is 524 g/mol. The molecule has 2 aromatic carbocycles. The third-order valence-corrected chi connectivity index (χ3v) is 6.47. The lowest BCUT2D eigenvalue weighted by molar-refractivity contribution is -0.119. The maximum Gasteiger partial charge on any atom is 0.412 e. The number of rotatable bonds is 7. The molecule has 38 heavy (non-hydrogen) atoms. The fourth-order valence-corrected chi connectivity index (χ4v) is 4.38. The number of alkyl halides is 2. The van der Waals surface area contributed by atoms with Crippen LogP contribution in [0.2, 0.25) is 5.02 Å². The summed E-state index contributed by atoms with van der Waals surface area (Å²) < 4.78 is 39.2. The molecule has 196 valence electrons. The van der Waals surface area contributed by atoms with Gasteiger partial charge >= 0.3 is 6.09 Å². The summed E-state index contributed by atoms with van der Waals surface area (Å²) in [5.41, 5.74) is 2.15. The monoisotopic (exact) mass is 543 g/mol. The molecule has 11 nitrogen and oxygen atoms in total. The minimum atomic E-state index is -3.26. The Morgan fingerprint density at radius 3 is 2.58 bits per heavy atom. The molecule has 2 amide bonds. The Hall–Kier alpha value is -4.39. The van der Waals surface area contributed by atoms with Gasteiger partial charge < -0.3 is 14.6 Å². The van der Waals surface area contributed by atoms with Crippen LogP contribution in [0.15, 0.2) is 53.1 Å². The first-order valence-corrected chi connectivity index (χ1v) is 11.8. The van der Waals surface area contributed by atoms with Crippen molar-refractivity contribution in [1.29, 1.82) is 0 Å². The Labute approximate surface area is 218 Å². The number of aryl methyl sites for hydroxylation is 1. The van der Waals surface area contributed by atoms with Crippen molar-refractivity contribution in [2.75, 3.05) is 10.6 Å². The zero-order valence-electron chi connectivity index (χ0n) is 19.9. The van der Waals surface area contributed by atoms with Crippen LogP contribution < -0.4 is 10.6 Å². The lowest BCUT2D eigenvalue weighted by Crippen LogP contribution is -2.17. The summed E-state index contributed by atoms with van der Waals surface area (Å²) >= 11 is 6.18. The van der Waals surface area contributed by atoms with Gasteiger partial charge in [-0.15, -0.1) is 5.10 Å². The predicted molar refractivity (Wildman–Crippen MR) is 131 cm³/mol.